The molecule has 1 saturated heterocycles. The summed E-state index contributed by atoms with van der Waals surface area (Å²) in [5, 5.41) is 3.07. The minimum atomic E-state index is -0.0998. The normalized spacial score (nSPS) is 20.4. The Hall–Kier alpha value is -1.13. The van der Waals surface area contributed by atoms with Crippen molar-refractivity contribution >= 4 is 5.69 Å². The van der Waals surface area contributed by atoms with Crippen molar-refractivity contribution in [2.45, 2.75) is 19.4 Å². The number of rotatable bonds is 5. The SMILES string of the molecule is CNCc1c(F)cccc1N1CCN(CC2CC2)CC1. The zero-order chi connectivity index (χ0) is 13.9. The Labute approximate surface area is 120 Å². The van der Waals surface area contributed by atoms with Crippen molar-refractivity contribution in [3.8, 4) is 0 Å². The first-order valence-corrected chi connectivity index (χ1v) is 7.67. The van der Waals surface area contributed by atoms with E-state index in [1.807, 2.05) is 19.2 Å². The Kier molecular flexibility index (Phi) is 4.22. The quantitative estimate of drug-likeness (QED) is 0.889. The number of benzene rings is 1. The number of hydrogen-bond donors (Lipinski definition) is 1. The van der Waals surface area contributed by atoms with Crippen LogP contribution in [-0.2, 0) is 6.54 Å². The first-order chi connectivity index (χ1) is 9.78. The highest BCUT2D eigenvalue weighted by molar-refractivity contribution is 5.54. The third kappa shape index (κ3) is 3.13. The number of halogens is 1. The smallest absolute Gasteiger partial charge is 0.129 e. The second-order valence-electron chi connectivity index (χ2n) is 6.00. The van der Waals surface area contributed by atoms with Gasteiger partial charge in [-0.2, -0.15) is 0 Å². The lowest BCUT2D eigenvalue weighted by Crippen LogP contribution is -2.47. The van der Waals surface area contributed by atoms with Gasteiger partial charge in [0, 0.05) is 50.5 Å². The minimum Gasteiger partial charge on any atom is -0.369 e. The Morgan fingerprint density at radius 2 is 1.95 bits per heavy atom. The van der Waals surface area contributed by atoms with Gasteiger partial charge in [0.2, 0.25) is 0 Å². The third-order valence-corrected chi connectivity index (χ3v) is 4.37. The summed E-state index contributed by atoms with van der Waals surface area (Å²) in [6, 6.07) is 5.42. The summed E-state index contributed by atoms with van der Waals surface area (Å²) in [5.74, 6) is 0.854. The molecular weight excluding hydrogens is 253 g/mol. The standard InChI is InChI=1S/C16H24FN3/c1-18-11-14-15(17)3-2-4-16(14)20-9-7-19(8-10-20)12-13-5-6-13/h2-4,13,18H,5-12H2,1H3. The maximum Gasteiger partial charge on any atom is 0.129 e. The summed E-state index contributed by atoms with van der Waals surface area (Å²) in [6.45, 7) is 6.07. The van der Waals surface area contributed by atoms with Gasteiger partial charge in [-0.15, -0.1) is 0 Å². The van der Waals surface area contributed by atoms with Crippen LogP contribution in [0.5, 0.6) is 0 Å². The molecular formula is C16H24FN3. The van der Waals surface area contributed by atoms with Crippen LogP contribution in [0.4, 0.5) is 10.1 Å². The van der Waals surface area contributed by atoms with Crippen LogP contribution in [0.25, 0.3) is 0 Å². The number of piperazine rings is 1. The van der Waals surface area contributed by atoms with E-state index in [1.54, 1.807) is 6.07 Å². The van der Waals surface area contributed by atoms with Crippen molar-refractivity contribution in [1.29, 1.82) is 0 Å². The third-order valence-electron chi connectivity index (χ3n) is 4.37. The Morgan fingerprint density at radius 3 is 2.60 bits per heavy atom. The van der Waals surface area contributed by atoms with Gasteiger partial charge in [-0.3, -0.25) is 4.90 Å². The average Bonchev–Trinajstić information content (AvgIpc) is 3.26. The summed E-state index contributed by atoms with van der Waals surface area (Å²) >= 11 is 0. The minimum absolute atomic E-state index is 0.0998. The molecule has 0 amide bonds. The van der Waals surface area contributed by atoms with Crippen LogP contribution in [0.3, 0.4) is 0 Å². The molecule has 0 aromatic heterocycles. The Bertz CT molecular complexity index is 451. The molecule has 3 nitrogen and oxygen atoms in total. The fourth-order valence-corrected chi connectivity index (χ4v) is 3.03. The van der Waals surface area contributed by atoms with Crippen LogP contribution >= 0.6 is 0 Å². The fraction of sp³-hybridized carbons (Fsp3) is 0.625. The average molecular weight is 277 g/mol. The second-order valence-corrected chi connectivity index (χ2v) is 6.00. The maximum atomic E-state index is 14.0. The lowest BCUT2D eigenvalue weighted by molar-refractivity contribution is 0.248. The molecule has 0 spiro atoms. The molecule has 0 atom stereocenters. The molecule has 1 saturated carbocycles. The van der Waals surface area contributed by atoms with Crippen molar-refractivity contribution in [2.75, 3.05) is 44.7 Å². The predicted octanol–water partition coefficient (Wildman–Crippen LogP) is 2.08. The molecule has 2 fully saturated rings. The molecule has 1 heterocycles. The van der Waals surface area contributed by atoms with Gasteiger partial charge in [0.15, 0.2) is 0 Å². The lowest BCUT2D eigenvalue weighted by Gasteiger charge is -2.37. The number of anilines is 1. The van der Waals surface area contributed by atoms with Crippen molar-refractivity contribution in [2.24, 2.45) is 5.92 Å². The van der Waals surface area contributed by atoms with Crippen molar-refractivity contribution in [1.82, 2.24) is 10.2 Å². The van der Waals surface area contributed by atoms with E-state index in [4.69, 9.17) is 0 Å². The van der Waals surface area contributed by atoms with E-state index in [0.29, 0.717) is 6.54 Å². The van der Waals surface area contributed by atoms with E-state index < -0.39 is 0 Å². The topological polar surface area (TPSA) is 18.5 Å². The molecule has 20 heavy (non-hydrogen) atoms. The molecule has 2 aliphatic rings. The molecule has 1 N–H and O–H groups in total. The molecule has 0 unspecified atom stereocenters. The van der Waals surface area contributed by atoms with Crippen LogP contribution in [0.1, 0.15) is 18.4 Å². The van der Waals surface area contributed by atoms with Gasteiger partial charge in [-0.1, -0.05) is 6.07 Å². The number of nitrogens with one attached hydrogen (secondary N) is 1. The maximum absolute atomic E-state index is 14.0. The second kappa shape index (κ2) is 6.10. The summed E-state index contributed by atoms with van der Waals surface area (Å²) in [6.07, 6.45) is 2.83. The highest BCUT2D eigenvalue weighted by Gasteiger charge is 2.27. The largest absolute Gasteiger partial charge is 0.369 e. The fourth-order valence-electron chi connectivity index (χ4n) is 3.03. The summed E-state index contributed by atoms with van der Waals surface area (Å²) in [7, 11) is 1.86. The zero-order valence-electron chi connectivity index (χ0n) is 12.2. The molecule has 4 heteroatoms. The number of hydrogen-bond acceptors (Lipinski definition) is 3. The van der Waals surface area contributed by atoms with E-state index in [1.165, 1.54) is 19.4 Å². The Morgan fingerprint density at radius 1 is 1.20 bits per heavy atom. The van der Waals surface area contributed by atoms with Gasteiger partial charge in [0.05, 0.1) is 0 Å². The molecule has 1 aliphatic carbocycles. The summed E-state index contributed by atoms with van der Waals surface area (Å²) in [4.78, 5) is 4.89. The van der Waals surface area contributed by atoms with E-state index in [0.717, 1.165) is 43.3 Å². The van der Waals surface area contributed by atoms with E-state index in [-0.39, 0.29) is 5.82 Å². The summed E-state index contributed by atoms with van der Waals surface area (Å²) in [5.41, 5.74) is 1.86. The molecule has 1 aromatic carbocycles. The van der Waals surface area contributed by atoms with Gasteiger partial charge in [-0.25, -0.2) is 4.39 Å². The molecule has 3 rings (SSSR count). The number of nitrogens with zero attached hydrogens (tertiary/aromatic N) is 2. The molecule has 110 valence electrons. The lowest BCUT2D eigenvalue weighted by atomic mass is 10.1. The molecule has 0 bridgehead atoms. The van der Waals surface area contributed by atoms with Crippen molar-refractivity contribution < 1.29 is 4.39 Å². The van der Waals surface area contributed by atoms with Crippen molar-refractivity contribution in [3.05, 3.63) is 29.6 Å². The summed E-state index contributed by atoms with van der Waals surface area (Å²) < 4.78 is 14.0. The molecule has 1 aliphatic heterocycles. The van der Waals surface area contributed by atoms with E-state index in [2.05, 4.69) is 15.1 Å². The van der Waals surface area contributed by atoms with Gasteiger partial charge in [0.1, 0.15) is 5.82 Å². The first-order valence-electron chi connectivity index (χ1n) is 7.67. The van der Waals surface area contributed by atoms with E-state index in [9.17, 15) is 4.39 Å². The van der Waals surface area contributed by atoms with E-state index >= 15 is 0 Å². The molecule has 1 aromatic rings. The first kappa shape index (κ1) is 13.8. The highest BCUT2D eigenvalue weighted by Crippen LogP contribution is 2.30. The van der Waals surface area contributed by atoms with Crippen LogP contribution in [0.15, 0.2) is 18.2 Å². The highest BCUT2D eigenvalue weighted by atomic mass is 19.1. The van der Waals surface area contributed by atoms with Crippen LogP contribution in [-0.4, -0.2) is 44.7 Å². The van der Waals surface area contributed by atoms with Gasteiger partial charge in [-0.05, 0) is 37.9 Å². The van der Waals surface area contributed by atoms with Gasteiger partial charge >= 0.3 is 0 Å². The molecule has 0 radical (unpaired) electrons. The van der Waals surface area contributed by atoms with Crippen LogP contribution < -0.4 is 10.2 Å². The van der Waals surface area contributed by atoms with Crippen molar-refractivity contribution in [3.63, 3.8) is 0 Å². The van der Waals surface area contributed by atoms with Crippen LogP contribution in [0.2, 0.25) is 0 Å². The predicted molar refractivity (Wildman–Crippen MR) is 80.5 cm³/mol. The van der Waals surface area contributed by atoms with Gasteiger partial charge < -0.3 is 10.2 Å². The van der Waals surface area contributed by atoms with Crippen LogP contribution in [0, 0.1) is 11.7 Å². The zero-order valence-corrected chi connectivity index (χ0v) is 12.2. The monoisotopic (exact) mass is 277 g/mol. The van der Waals surface area contributed by atoms with Gasteiger partial charge in [0.25, 0.3) is 0 Å². The Balaban J connectivity index is 1.66.